The Hall–Kier alpha value is -1.65. The third-order valence-electron chi connectivity index (χ3n) is 4.86. The molecule has 3 rings (SSSR count). The highest BCUT2D eigenvalue weighted by Gasteiger charge is 2.23. The largest absolute Gasteiger partial charge is 0.484 e. The molecule has 3 nitrogen and oxygen atoms in total. The van der Waals surface area contributed by atoms with Gasteiger partial charge in [0.15, 0.2) is 6.61 Å². The van der Waals surface area contributed by atoms with Crippen molar-refractivity contribution in [3.63, 3.8) is 0 Å². The van der Waals surface area contributed by atoms with E-state index >= 15 is 0 Å². The fourth-order valence-corrected chi connectivity index (χ4v) is 4.79. The van der Waals surface area contributed by atoms with E-state index in [2.05, 4.69) is 32.0 Å². The summed E-state index contributed by atoms with van der Waals surface area (Å²) in [6, 6.07) is 16.0. The van der Waals surface area contributed by atoms with Crippen LogP contribution in [0, 0.1) is 0 Å². The van der Waals surface area contributed by atoms with E-state index in [4.69, 9.17) is 16.3 Å². The predicted molar refractivity (Wildman–Crippen MR) is 114 cm³/mol. The molecule has 0 aromatic heterocycles. The Morgan fingerprint density at radius 1 is 1.19 bits per heavy atom. The first-order valence-corrected chi connectivity index (χ1v) is 10.8. The van der Waals surface area contributed by atoms with E-state index in [1.807, 2.05) is 47.0 Å². The zero-order valence-corrected chi connectivity index (χ0v) is 17.4. The average Bonchev–Trinajstić information content (AvgIpc) is 2.93. The summed E-state index contributed by atoms with van der Waals surface area (Å²) < 4.78 is 5.71. The summed E-state index contributed by atoms with van der Waals surface area (Å²) in [6.45, 7) is 5.89. The molecule has 1 aliphatic rings. The Kier molecular flexibility index (Phi) is 7.08. The van der Waals surface area contributed by atoms with Crippen molar-refractivity contribution in [1.29, 1.82) is 0 Å². The summed E-state index contributed by atoms with van der Waals surface area (Å²) in [5.74, 6) is 2.18. The highest BCUT2D eigenvalue weighted by atomic mass is 35.5. The van der Waals surface area contributed by atoms with Crippen molar-refractivity contribution in [3.05, 3.63) is 64.7 Å². The highest BCUT2D eigenvalue weighted by Crippen LogP contribution is 2.37. The van der Waals surface area contributed by atoms with Crippen LogP contribution < -0.4 is 4.74 Å². The van der Waals surface area contributed by atoms with Gasteiger partial charge < -0.3 is 9.64 Å². The van der Waals surface area contributed by atoms with Gasteiger partial charge in [-0.3, -0.25) is 4.79 Å². The lowest BCUT2D eigenvalue weighted by Crippen LogP contribution is -2.36. The molecule has 1 amide bonds. The maximum atomic E-state index is 12.6. The lowest BCUT2D eigenvalue weighted by atomic mass is 10.0. The number of hydrogen-bond donors (Lipinski definition) is 0. The Bertz CT molecular complexity index is 763. The third-order valence-corrected chi connectivity index (χ3v) is 6.51. The Balaban J connectivity index is 1.53. The van der Waals surface area contributed by atoms with E-state index in [-0.39, 0.29) is 12.5 Å². The lowest BCUT2D eigenvalue weighted by Gasteiger charge is -2.20. The van der Waals surface area contributed by atoms with Crippen molar-refractivity contribution in [2.75, 3.05) is 25.4 Å². The van der Waals surface area contributed by atoms with Gasteiger partial charge in [-0.1, -0.05) is 55.8 Å². The summed E-state index contributed by atoms with van der Waals surface area (Å²) in [6.07, 6.45) is 0.906. The average molecular weight is 404 g/mol. The van der Waals surface area contributed by atoms with Crippen molar-refractivity contribution in [2.45, 2.75) is 31.4 Å². The van der Waals surface area contributed by atoms with Crippen LogP contribution in [0.15, 0.2) is 48.5 Å². The van der Waals surface area contributed by atoms with E-state index in [0.29, 0.717) is 11.2 Å². The van der Waals surface area contributed by atoms with Gasteiger partial charge in [0.2, 0.25) is 0 Å². The lowest BCUT2D eigenvalue weighted by molar-refractivity contribution is -0.133. The molecule has 0 bridgehead atoms. The number of hydrogen-bond acceptors (Lipinski definition) is 3. The van der Waals surface area contributed by atoms with Gasteiger partial charge in [-0.15, -0.1) is 0 Å². The van der Waals surface area contributed by atoms with Crippen LogP contribution in [0.4, 0.5) is 0 Å². The van der Waals surface area contributed by atoms with E-state index in [1.165, 1.54) is 11.1 Å². The minimum Gasteiger partial charge on any atom is -0.484 e. The van der Waals surface area contributed by atoms with Crippen LogP contribution in [-0.2, 0) is 4.79 Å². The summed E-state index contributed by atoms with van der Waals surface area (Å²) in [5.41, 5.74) is 2.43. The third kappa shape index (κ3) is 5.43. The van der Waals surface area contributed by atoms with Crippen molar-refractivity contribution < 1.29 is 9.53 Å². The fourth-order valence-electron chi connectivity index (χ4n) is 3.19. The molecular formula is C22H26ClNO2S. The zero-order chi connectivity index (χ0) is 19.2. The molecule has 1 unspecified atom stereocenters. The second-order valence-corrected chi connectivity index (χ2v) is 8.78. The van der Waals surface area contributed by atoms with Crippen LogP contribution in [0.3, 0.4) is 0 Å². The normalized spacial score (nSPS) is 17.6. The van der Waals surface area contributed by atoms with E-state index < -0.39 is 0 Å². The van der Waals surface area contributed by atoms with E-state index in [1.54, 1.807) is 0 Å². The minimum atomic E-state index is 0.0448. The number of rotatable bonds is 5. The first-order chi connectivity index (χ1) is 13.0. The molecule has 27 heavy (non-hydrogen) atoms. The first kappa shape index (κ1) is 20.1. The number of nitrogens with zero attached hydrogens (tertiary/aromatic N) is 1. The Morgan fingerprint density at radius 3 is 2.63 bits per heavy atom. The van der Waals surface area contributed by atoms with Crippen LogP contribution in [0.1, 0.15) is 42.6 Å². The molecule has 1 aliphatic heterocycles. The van der Waals surface area contributed by atoms with Gasteiger partial charge in [0.05, 0.1) is 0 Å². The molecule has 0 saturated carbocycles. The molecule has 0 spiro atoms. The molecule has 2 aromatic carbocycles. The van der Waals surface area contributed by atoms with Crippen molar-refractivity contribution in [3.8, 4) is 5.75 Å². The molecule has 0 radical (unpaired) electrons. The predicted octanol–water partition coefficient (Wildman–Crippen LogP) is 5.55. The topological polar surface area (TPSA) is 29.5 Å². The summed E-state index contributed by atoms with van der Waals surface area (Å²) in [4.78, 5) is 14.5. The van der Waals surface area contributed by atoms with Gasteiger partial charge in [-0.2, -0.15) is 11.8 Å². The molecule has 1 fully saturated rings. The molecule has 1 atom stereocenters. The quantitative estimate of drug-likeness (QED) is 0.655. The van der Waals surface area contributed by atoms with Gasteiger partial charge >= 0.3 is 0 Å². The minimum absolute atomic E-state index is 0.0448. The molecule has 0 aliphatic carbocycles. The number of benzene rings is 2. The van der Waals surface area contributed by atoms with Gasteiger partial charge in [0.25, 0.3) is 5.91 Å². The molecule has 144 valence electrons. The molecule has 2 aromatic rings. The zero-order valence-electron chi connectivity index (χ0n) is 15.9. The molecule has 5 heteroatoms. The number of amides is 1. The summed E-state index contributed by atoms with van der Waals surface area (Å²) >= 11 is 8.22. The molecule has 1 heterocycles. The van der Waals surface area contributed by atoms with Crippen LogP contribution in [-0.4, -0.2) is 36.3 Å². The number of carbonyl (C=O) groups is 1. The van der Waals surface area contributed by atoms with Crippen LogP contribution >= 0.6 is 23.4 Å². The van der Waals surface area contributed by atoms with Gasteiger partial charge in [-0.25, -0.2) is 0 Å². The van der Waals surface area contributed by atoms with Crippen LogP contribution in [0.2, 0.25) is 5.02 Å². The Labute approximate surface area is 171 Å². The van der Waals surface area contributed by atoms with Gasteiger partial charge in [0, 0.05) is 29.1 Å². The SMILES string of the molecule is CC(C)c1ccc(OCC(=O)N2CCSC(c3ccccc3Cl)CC2)cc1. The smallest absolute Gasteiger partial charge is 0.260 e. The van der Waals surface area contributed by atoms with E-state index in [0.717, 1.165) is 36.0 Å². The number of halogens is 1. The molecule has 0 N–H and O–H groups in total. The molecule has 1 saturated heterocycles. The fraction of sp³-hybridized carbons (Fsp3) is 0.409. The summed E-state index contributed by atoms with van der Waals surface area (Å²) in [5, 5.41) is 1.14. The second-order valence-electron chi connectivity index (χ2n) is 7.06. The van der Waals surface area contributed by atoms with Gasteiger partial charge in [0.1, 0.15) is 5.75 Å². The van der Waals surface area contributed by atoms with Gasteiger partial charge in [-0.05, 0) is 41.7 Å². The van der Waals surface area contributed by atoms with E-state index in [9.17, 15) is 4.79 Å². The monoisotopic (exact) mass is 403 g/mol. The number of thioether (sulfide) groups is 1. The summed E-state index contributed by atoms with van der Waals surface area (Å²) in [7, 11) is 0. The van der Waals surface area contributed by atoms with Crippen molar-refractivity contribution in [1.82, 2.24) is 4.90 Å². The molecular weight excluding hydrogens is 378 g/mol. The maximum absolute atomic E-state index is 12.6. The second kappa shape index (κ2) is 9.52. The maximum Gasteiger partial charge on any atom is 0.260 e. The van der Waals surface area contributed by atoms with Crippen molar-refractivity contribution >= 4 is 29.3 Å². The number of ether oxygens (including phenoxy) is 1. The Morgan fingerprint density at radius 2 is 1.93 bits per heavy atom. The van der Waals surface area contributed by atoms with Crippen LogP contribution in [0.25, 0.3) is 0 Å². The number of carbonyl (C=O) groups excluding carboxylic acids is 1. The first-order valence-electron chi connectivity index (χ1n) is 9.41. The highest BCUT2D eigenvalue weighted by molar-refractivity contribution is 7.99. The van der Waals surface area contributed by atoms with Crippen molar-refractivity contribution in [2.24, 2.45) is 0 Å². The standard InChI is InChI=1S/C22H26ClNO2S/c1-16(2)17-7-9-18(10-8-17)26-15-22(25)24-12-11-21(27-14-13-24)19-5-3-4-6-20(19)23/h3-10,16,21H,11-15H2,1-2H3. The van der Waals surface area contributed by atoms with Crippen LogP contribution in [0.5, 0.6) is 5.75 Å².